The lowest BCUT2D eigenvalue weighted by Gasteiger charge is -2.37. The Morgan fingerprint density at radius 3 is 2.55 bits per heavy atom. The van der Waals surface area contributed by atoms with E-state index < -0.39 is 27.7 Å². The molecule has 3 rings (SSSR count). The molecule has 11 heteroatoms. The van der Waals surface area contributed by atoms with Crippen molar-refractivity contribution in [3.63, 3.8) is 0 Å². The number of pyridine rings is 1. The van der Waals surface area contributed by atoms with E-state index in [2.05, 4.69) is 15.2 Å². The van der Waals surface area contributed by atoms with Gasteiger partial charge in [-0.1, -0.05) is 0 Å². The molecule has 2 fully saturated rings. The zero-order valence-corrected chi connectivity index (χ0v) is 17.1. The number of sulfonamides is 1. The standard InChI is InChI=1S/C18H27F3N4O3S/c1-24-7-9-25(10-8-24)29(27,28)15-4-5-16(22-12-15)23-13-17(26)6-2-3-14(11-17)18(19,20)21/h4-5,12,14,26H,2-3,6-11,13H2,1H3,(H,22,23). The van der Waals surface area contributed by atoms with Gasteiger partial charge >= 0.3 is 6.18 Å². The zero-order chi connectivity index (χ0) is 21.3. The lowest BCUT2D eigenvalue weighted by atomic mass is 9.77. The number of rotatable bonds is 5. The maximum Gasteiger partial charge on any atom is 0.391 e. The molecule has 7 nitrogen and oxygen atoms in total. The van der Waals surface area contributed by atoms with E-state index in [1.54, 1.807) is 0 Å². The number of alkyl halides is 3. The van der Waals surface area contributed by atoms with Crippen LogP contribution < -0.4 is 5.32 Å². The highest BCUT2D eigenvalue weighted by molar-refractivity contribution is 7.89. The molecular formula is C18H27F3N4O3S. The van der Waals surface area contributed by atoms with Gasteiger partial charge in [-0.05, 0) is 44.9 Å². The monoisotopic (exact) mass is 436 g/mol. The van der Waals surface area contributed by atoms with Crippen LogP contribution in [-0.2, 0) is 10.0 Å². The second kappa shape index (κ2) is 8.37. The molecule has 1 aliphatic heterocycles. The number of nitrogens with zero attached hydrogens (tertiary/aromatic N) is 3. The minimum Gasteiger partial charge on any atom is -0.388 e. The molecule has 164 valence electrons. The molecule has 1 aromatic rings. The molecule has 1 saturated carbocycles. The summed E-state index contributed by atoms with van der Waals surface area (Å²) in [6.45, 7) is 2.06. The largest absolute Gasteiger partial charge is 0.391 e. The molecule has 2 unspecified atom stereocenters. The summed E-state index contributed by atoms with van der Waals surface area (Å²) in [5.41, 5.74) is -1.47. The van der Waals surface area contributed by atoms with E-state index in [0.717, 1.165) is 0 Å². The van der Waals surface area contributed by atoms with Gasteiger partial charge < -0.3 is 15.3 Å². The predicted molar refractivity (Wildman–Crippen MR) is 102 cm³/mol. The van der Waals surface area contributed by atoms with Gasteiger partial charge in [-0.2, -0.15) is 17.5 Å². The fourth-order valence-electron chi connectivity index (χ4n) is 3.85. The number of likely N-dealkylation sites (N-methyl/N-ethyl adjacent to an activating group) is 1. The fraction of sp³-hybridized carbons (Fsp3) is 0.722. The van der Waals surface area contributed by atoms with Crippen molar-refractivity contribution in [3.05, 3.63) is 18.3 Å². The Kier molecular flexibility index (Phi) is 6.42. The molecule has 2 heterocycles. The first-order valence-electron chi connectivity index (χ1n) is 9.67. The molecule has 1 aliphatic carbocycles. The first-order chi connectivity index (χ1) is 13.5. The predicted octanol–water partition coefficient (Wildman–Crippen LogP) is 1.91. The summed E-state index contributed by atoms with van der Waals surface area (Å²) in [5.74, 6) is -1.20. The Morgan fingerprint density at radius 2 is 1.97 bits per heavy atom. The quantitative estimate of drug-likeness (QED) is 0.734. The topological polar surface area (TPSA) is 85.8 Å². The van der Waals surface area contributed by atoms with Gasteiger partial charge in [0.1, 0.15) is 10.7 Å². The van der Waals surface area contributed by atoms with E-state index in [4.69, 9.17) is 0 Å². The fourth-order valence-corrected chi connectivity index (χ4v) is 5.22. The molecule has 0 bridgehead atoms. The highest BCUT2D eigenvalue weighted by Gasteiger charge is 2.46. The summed E-state index contributed by atoms with van der Waals surface area (Å²) in [6.07, 6.45) is -2.81. The van der Waals surface area contributed by atoms with Crippen molar-refractivity contribution in [1.82, 2.24) is 14.2 Å². The smallest absolute Gasteiger partial charge is 0.388 e. The normalized spacial score (nSPS) is 27.7. The Balaban J connectivity index is 1.61. The van der Waals surface area contributed by atoms with Crippen LogP contribution in [0.2, 0.25) is 0 Å². The highest BCUT2D eigenvalue weighted by atomic mass is 32.2. The SMILES string of the molecule is CN1CCN(S(=O)(=O)c2ccc(NCC3(O)CCCC(C(F)(F)F)C3)nc2)CC1. The number of aliphatic hydroxyl groups is 1. The third-order valence-corrected chi connectivity index (χ3v) is 7.60. The van der Waals surface area contributed by atoms with Gasteiger partial charge in [0.05, 0.1) is 11.5 Å². The van der Waals surface area contributed by atoms with Crippen molar-refractivity contribution in [2.75, 3.05) is 45.1 Å². The van der Waals surface area contributed by atoms with Crippen LogP contribution in [0.25, 0.3) is 0 Å². The van der Waals surface area contributed by atoms with Gasteiger partial charge in [0.2, 0.25) is 10.0 Å². The molecule has 0 spiro atoms. The van der Waals surface area contributed by atoms with Gasteiger partial charge in [0, 0.05) is 38.9 Å². The van der Waals surface area contributed by atoms with Gasteiger partial charge in [-0.15, -0.1) is 0 Å². The Bertz CT molecular complexity index is 796. The van der Waals surface area contributed by atoms with E-state index >= 15 is 0 Å². The third kappa shape index (κ3) is 5.39. The molecule has 0 radical (unpaired) electrons. The van der Waals surface area contributed by atoms with Gasteiger partial charge in [0.15, 0.2) is 0 Å². The van der Waals surface area contributed by atoms with Crippen LogP contribution in [0.5, 0.6) is 0 Å². The molecule has 0 aromatic carbocycles. The van der Waals surface area contributed by atoms with Crippen molar-refractivity contribution >= 4 is 15.8 Å². The third-order valence-electron chi connectivity index (χ3n) is 5.72. The van der Waals surface area contributed by atoms with Crippen LogP contribution in [0.1, 0.15) is 25.7 Å². The minimum atomic E-state index is -4.31. The molecule has 2 aliphatic rings. The summed E-state index contributed by atoms with van der Waals surface area (Å²) in [4.78, 5) is 6.20. The lowest BCUT2D eigenvalue weighted by molar-refractivity contribution is -0.199. The molecule has 1 aromatic heterocycles. The van der Waals surface area contributed by atoms with Crippen molar-refractivity contribution in [2.24, 2.45) is 5.92 Å². The number of hydrogen-bond acceptors (Lipinski definition) is 6. The number of halogens is 3. The summed E-state index contributed by atoms with van der Waals surface area (Å²) < 4.78 is 65.7. The van der Waals surface area contributed by atoms with E-state index in [-0.39, 0.29) is 30.7 Å². The second-order valence-electron chi connectivity index (χ2n) is 8.00. The maximum atomic E-state index is 13.0. The van der Waals surface area contributed by atoms with Gasteiger partial charge in [-0.3, -0.25) is 0 Å². The molecule has 2 atom stereocenters. The molecule has 0 amide bonds. The van der Waals surface area contributed by atoms with Crippen LogP contribution in [0.3, 0.4) is 0 Å². The summed E-state index contributed by atoms with van der Waals surface area (Å²) in [5, 5.41) is 13.4. The van der Waals surface area contributed by atoms with Gasteiger partial charge in [-0.25, -0.2) is 13.4 Å². The van der Waals surface area contributed by atoms with Crippen LogP contribution in [0.4, 0.5) is 19.0 Å². The first kappa shape index (κ1) is 22.3. The average molecular weight is 437 g/mol. The van der Waals surface area contributed by atoms with Crippen LogP contribution >= 0.6 is 0 Å². The maximum absolute atomic E-state index is 13.0. The van der Waals surface area contributed by atoms with Gasteiger partial charge in [0.25, 0.3) is 0 Å². The van der Waals surface area contributed by atoms with E-state index in [9.17, 15) is 26.7 Å². The van der Waals surface area contributed by atoms with Crippen LogP contribution in [-0.4, -0.2) is 79.3 Å². The number of piperazine rings is 1. The lowest BCUT2D eigenvalue weighted by Crippen LogP contribution is -2.47. The second-order valence-corrected chi connectivity index (χ2v) is 9.94. The first-order valence-corrected chi connectivity index (χ1v) is 11.1. The Morgan fingerprint density at radius 1 is 1.28 bits per heavy atom. The summed E-state index contributed by atoms with van der Waals surface area (Å²) in [6, 6.07) is 2.89. The van der Waals surface area contributed by atoms with Crippen molar-refractivity contribution in [2.45, 2.75) is 42.4 Å². The highest BCUT2D eigenvalue weighted by Crippen LogP contribution is 2.41. The van der Waals surface area contributed by atoms with Crippen LogP contribution in [0.15, 0.2) is 23.2 Å². The molecule has 2 N–H and O–H groups in total. The van der Waals surface area contributed by atoms with Crippen molar-refractivity contribution in [3.8, 4) is 0 Å². The Hall–Kier alpha value is -1.43. The number of nitrogens with one attached hydrogen (secondary N) is 1. The summed E-state index contributed by atoms with van der Waals surface area (Å²) in [7, 11) is -1.70. The van der Waals surface area contributed by atoms with E-state index in [1.807, 2.05) is 7.05 Å². The number of aromatic nitrogens is 1. The Labute approximate surface area is 169 Å². The van der Waals surface area contributed by atoms with Crippen molar-refractivity contribution < 1.29 is 26.7 Å². The number of hydrogen-bond donors (Lipinski definition) is 2. The van der Waals surface area contributed by atoms with Crippen molar-refractivity contribution in [1.29, 1.82) is 0 Å². The summed E-state index contributed by atoms with van der Waals surface area (Å²) >= 11 is 0. The van der Waals surface area contributed by atoms with E-state index in [1.165, 1.54) is 22.6 Å². The zero-order valence-electron chi connectivity index (χ0n) is 16.3. The molecular weight excluding hydrogens is 409 g/mol. The molecule has 29 heavy (non-hydrogen) atoms. The molecule has 1 saturated heterocycles. The number of anilines is 1. The minimum absolute atomic E-state index is 0.0307. The average Bonchev–Trinajstić information content (AvgIpc) is 2.66. The van der Waals surface area contributed by atoms with E-state index in [0.29, 0.717) is 38.4 Å². The van der Waals surface area contributed by atoms with Crippen LogP contribution in [0, 0.1) is 5.92 Å².